The van der Waals surface area contributed by atoms with E-state index in [0.717, 1.165) is 23.9 Å². The number of aromatic nitrogens is 1. The van der Waals surface area contributed by atoms with Crippen LogP contribution in [0.25, 0.3) is 11.1 Å². The molecule has 1 aliphatic heterocycles. The van der Waals surface area contributed by atoms with Gasteiger partial charge in [0.2, 0.25) is 0 Å². The van der Waals surface area contributed by atoms with E-state index in [0.29, 0.717) is 30.1 Å². The molecule has 2 heterocycles. The van der Waals surface area contributed by atoms with Gasteiger partial charge in [0.15, 0.2) is 21.3 Å². The molecular weight excluding hydrogens is 376 g/mol. The van der Waals surface area contributed by atoms with Crippen LogP contribution < -0.4 is 0 Å². The van der Waals surface area contributed by atoms with Crippen LogP contribution in [0.5, 0.6) is 0 Å². The van der Waals surface area contributed by atoms with Crippen molar-refractivity contribution in [3.05, 3.63) is 65.5 Å². The first-order valence-electron chi connectivity index (χ1n) is 9.30. The highest BCUT2D eigenvalue weighted by molar-refractivity contribution is 7.89. The maximum atomic E-state index is 13.0. The number of sulfone groups is 1. The van der Waals surface area contributed by atoms with Gasteiger partial charge in [-0.25, -0.2) is 13.4 Å². The smallest absolute Gasteiger partial charge is 0.253 e. The fourth-order valence-corrected chi connectivity index (χ4v) is 4.49. The summed E-state index contributed by atoms with van der Waals surface area (Å²) in [4.78, 5) is 19.4. The van der Waals surface area contributed by atoms with Crippen molar-refractivity contribution in [3.8, 4) is 0 Å². The average molecular weight is 398 g/mol. The molecule has 4 rings (SSSR count). The van der Waals surface area contributed by atoms with Crippen molar-refractivity contribution in [1.29, 1.82) is 0 Å². The summed E-state index contributed by atoms with van der Waals surface area (Å²) in [5.41, 5.74) is 2.73. The van der Waals surface area contributed by atoms with E-state index < -0.39 is 9.84 Å². The molecule has 0 spiro atoms. The number of nitrogens with zero attached hydrogens (tertiary/aromatic N) is 2. The third-order valence-corrected chi connectivity index (χ3v) is 5.83. The second-order valence-electron chi connectivity index (χ2n) is 7.38. The number of hydrogen-bond donors (Lipinski definition) is 0. The number of rotatable bonds is 4. The Hall–Kier alpha value is -2.67. The maximum Gasteiger partial charge on any atom is 0.253 e. The SMILES string of the molecule is CS(=O)(=O)Cc1cccc(C(=O)N2CCCC(c3nc4ccccc4o3)C2)c1. The molecule has 7 heteroatoms. The largest absolute Gasteiger partial charge is 0.440 e. The monoisotopic (exact) mass is 398 g/mol. The van der Waals surface area contributed by atoms with E-state index in [1.807, 2.05) is 29.2 Å². The van der Waals surface area contributed by atoms with Gasteiger partial charge in [-0.3, -0.25) is 4.79 Å². The minimum absolute atomic E-state index is 0.0595. The average Bonchev–Trinajstić information content (AvgIpc) is 3.11. The molecule has 1 aromatic heterocycles. The minimum Gasteiger partial charge on any atom is -0.440 e. The summed E-state index contributed by atoms with van der Waals surface area (Å²) in [6.07, 6.45) is 2.99. The lowest BCUT2D eigenvalue weighted by atomic mass is 9.97. The summed E-state index contributed by atoms with van der Waals surface area (Å²) in [5, 5.41) is 0. The summed E-state index contributed by atoms with van der Waals surface area (Å²) < 4.78 is 29.0. The van der Waals surface area contributed by atoms with E-state index >= 15 is 0 Å². The Kier molecular flexibility index (Phi) is 4.93. The second kappa shape index (κ2) is 7.39. The van der Waals surface area contributed by atoms with E-state index in [1.165, 1.54) is 6.26 Å². The zero-order chi connectivity index (χ0) is 19.7. The molecule has 0 saturated carbocycles. The molecule has 0 bridgehead atoms. The van der Waals surface area contributed by atoms with Gasteiger partial charge in [0.1, 0.15) is 5.52 Å². The summed E-state index contributed by atoms with van der Waals surface area (Å²) in [7, 11) is -3.15. The lowest BCUT2D eigenvalue weighted by Crippen LogP contribution is -2.39. The lowest BCUT2D eigenvalue weighted by molar-refractivity contribution is 0.0699. The Morgan fingerprint density at radius 1 is 1.21 bits per heavy atom. The Balaban J connectivity index is 1.52. The van der Waals surface area contributed by atoms with Crippen molar-refractivity contribution in [1.82, 2.24) is 9.88 Å². The van der Waals surface area contributed by atoms with Gasteiger partial charge in [-0.15, -0.1) is 0 Å². The molecule has 1 amide bonds. The molecule has 3 aromatic rings. The molecule has 1 fully saturated rings. The number of likely N-dealkylation sites (tertiary alicyclic amines) is 1. The minimum atomic E-state index is -3.15. The standard InChI is InChI=1S/C21H22N2O4S/c1-28(25,26)14-15-6-4-7-16(12-15)21(24)23-11-5-8-17(13-23)20-22-18-9-2-3-10-19(18)27-20/h2-4,6-7,9-10,12,17H,5,8,11,13-14H2,1H3. The number of carbonyl (C=O) groups is 1. The van der Waals surface area contributed by atoms with Gasteiger partial charge in [0.25, 0.3) is 5.91 Å². The van der Waals surface area contributed by atoms with Gasteiger partial charge in [-0.1, -0.05) is 24.3 Å². The first-order valence-corrected chi connectivity index (χ1v) is 11.4. The van der Waals surface area contributed by atoms with Gasteiger partial charge >= 0.3 is 0 Å². The molecule has 0 N–H and O–H groups in total. The number of hydrogen-bond acceptors (Lipinski definition) is 5. The van der Waals surface area contributed by atoms with E-state index in [9.17, 15) is 13.2 Å². The van der Waals surface area contributed by atoms with Crippen LogP contribution >= 0.6 is 0 Å². The van der Waals surface area contributed by atoms with E-state index in [-0.39, 0.29) is 17.6 Å². The number of carbonyl (C=O) groups excluding carboxylic acids is 1. The summed E-state index contributed by atoms with van der Waals surface area (Å²) in [5.74, 6) is 0.574. The highest BCUT2D eigenvalue weighted by atomic mass is 32.2. The quantitative estimate of drug-likeness (QED) is 0.673. The van der Waals surface area contributed by atoms with E-state index in [4.69, 9.17) is 4.42 Å². The maximum absolute atomic E-state index is 13.0. The van der Waals surface area contributed by atoms with Crippen LogP contribution in [0.3, 0.4) is 0 Å². The first kappa shape index (κ1) is 18.7. The Morgan fingerprint density at radius 3 is 2.82 bits per heavy atom. The summed E-state index contributed by atoms with van der Waals surface area (Å²) >= 11 is 0. The number of fused-ring (bicyclic) bond motifs is 1. The fourth-order valence-electron chi connectivity index (χ4n) is 3.71. The van der Waals surface area contributed by atoms with Gasteiger partial charge in [-0.2, -0.15) is 0 Å². The van der Waals surface area contributed by atoms with Crippen molar-refractivity contribution in [2.24, 2.45) is 0 Å². The molecule has 28 heavy (non-hydrogen) atoms. The molecule has 6 nitrogen and oxygen atoms in total. The molecule has 1 atom stereocenters. The summed E-state index contributed by atoms with van der Waals surface area (Å²) in [6.45, 7) is 1.22. The van der Waals surface area contributed by atoms with Crippen LogP contribution in [0, 0.1) is 0 Å². The van der Waals surface area contributed by atoms with Crippen LogP contribution in [0.15, 0.2) is 52.9 Å². The van der Waals surface area contributed by atoms with Crippen LogP contribution in [0.1, 0.15) is 40.6 Å². The van der Waals surface area contributed by atoms with Gasteiger partial charge < -0.3 is 9.32 Å². The molecular formula is C21H22N2O4S. The number of piperidine rings is 1. The summed E-state index contributed by atoms with van der Waals surface area (Å²) in [6, 6.07) is 14.5. The number of para-hydroxylation sites is 2. The zero-order valence-electron chi connectivity index (χ0n) is 15.7. The van der Waals surface area contributed by atoms with Gasteiger partial charge in [0, 0.05) is 24.9 Å². The molecule has 1 aliphatic rings. The molecule has 0 aliphatic carbocycles. The Labute approximate surface area is 164 Å². The zero-order valence-corrected chi connectivity index (χ0v) is 16.5. The number of amides is 1. The van der Waals surface area contributed by atoms with Crippen molar-refractivity contribution < 1.29 is 17.6 Å². The molecule has 1 saturated heterocycles. The predicted octanol–water partition coefficient (Wildman–Crippen LogP) is 3.39. The van der Waals surface area contributed by atoms with Crippen molar-refractivity contribution in [3.63, 3.8) is 0 Å². The number of oxazole rings is 1. The third-order valence-electron chi connectivity index (χ3n) is 4.97. The highest BCUT2D eigenvalue weighted by Gasteiger charge is 2.28. The molecule has 1 unspecified atom stereocenters. The molecule has 2 aromatic carbocycles. The third kappa shape index (κ3) is 4.09. The van der Waals surface area contributed by atoms with Crippen molar-refractivity contribution in [2.75, 3.05) is 19.3 Å². The van der Waals surface area contributed by atoms with Crippen LogP contribution in [0.2, 0.25) is 0 Å². The van der Waals surface area contributed by atoms with Gasteiger partial charge in [0.05, 0.1) is 11.7 Å². The lowest BCUT2D eigenvalue weighted by Gasteiger charge is -2.31. The van der Waals surface area contributed by atoms with Crippen LogP contribution in [-0.2, 0) is 15.6 Å². The molecule has 146 valence electrons. The number of benzene rings is 2. The Bertz CT molecular complexity index is 1090. The molecule has 0 radical (unpaired) electrons. The van der Waals surface area contributed by atoms with Crippen LogP contribution in [0.4, 0.5) is 0 Å². The second-order valence-corrected chi connectivity index (χ2v) is 9.52. The highest BCUT2D eigenvalue weighted by Crippen LogP contribution is 2.29. The Morgan fingerprint density at radius 2 is 2.04 bits per heavy atom. The fraction of sp³-hybridized carbons (Fsp3) is 0.333. The van der Waals surface area contributed by atoms with Crippen LogP contribution in [-0.4, -0.2) is 43.6 Å². The first-order chi connectivity index (χ1) is 13.4. The van der Waals surface area contributed by atoms with E-state index in [1.54, 1.807) is 24.3 Å². The van der Waals surface area contributed by atoms with Gasteiger partial charge in [-0.05, 0) is 42.7 Å². The normalized spacial score (nSPS) is 17.8. The van der Waals surface area contributed by atoms with Crippen molar-refractivity contribution >= 4 is 26.8 Å². The van der Waals surface area contributed by atoms with E-state index in [2.05, 4.69) is 4.98 Å². The topological polar surface area (TPSA) is 80.5 Å². The van der Waals surface area contributed by atoms with Crippen molar-refractivity contribution in [2.45, 2.75) is 24.5 Å². The predicted molar refractivity (Wildman–Crippen MR) is 107 cm³/mol.